The molecule has 1 saturated heterocycles. The number of nitrogen functional groups attached to an aromatic ring is 1. The van der Waals surface area contributed by atoms with Crippen LogP contribution in [0.15, 0.2) is 53.5 Å². The molecule has 0 atom stereocenters. The van der Waals surface area contributed by atoms with Gasteiger partial charge >= 0.3 is 5.69 Å². The van der Waals surface area contributed by atoms with Crippen LogP contribution in [-0.2, 0) is 13.1 Å². The maximum atomic E-state index is 14.2. The van der Waals surface area contributed by atoms with E-state index in [0.29, 0.717) is 55.1 Å². The van der Waals surface area contributed by atoms with E-state index >= 15 is 0 Å². The van der Waals surface area contributed by atoms with Gasteiger partial charge in [0.25, 0.3) is 0 Å². The Morgan fingerprint density at radius 1 is 0.974 bits per heavy atom. The van der Waals surface area contributed by atoms with Gasteiger partial charge in [0, 0.05) is 38.8 Å². The highest BCUT2D eigenvalue weighted by Crippen LogP contribution is 2.22. The van der Waals surface area contributed by atoms with Crippen molar-refractivity contribution in [2.24, 2.45) is 0 Å². The second kappa shape index (κ2) is 9.53. The van der Waals surface area contributed by atoms with Gasteiger partial charge in [-0.3, -0.25) is 4.90 Å². The minimum absolute atomic E-state index is 0.0599. The van der Waals surface area contributed by atoms with Gasteiger partial charge in [-0.2, -0.15) is 10.1 Å². The van der Waals surface area contributed by atoms with Crippen molar-refractivity contribution in [2.45, 2.75) is 20.0 Å². The molecule has 2 N–H and O–H groups in total. The molecule has 0 aliphatic carbocycles. The lowest BCUT2D eigenvalue weighted by Gasteiger charge is -2.36. The molecule has 12 heteroatoms. The van der Waals surface area contributed by atoms with E-state index in [9.17, 15) is 13.6 Å². The standard InChI is InChI=1S/C26H27F2N9O/c1-17-3-2-4-18(13-17)16-36-26(38)37-24(32-36)20-15-30-35(23(20)31-25(37)29)12-9-33-7-10-34(11-8-33)22-6-5-19(27)14-21(22)28/h2-6,13-15H,7-12,16H2,1H3,(H2,29,31). The van der Waals surface area contributed by atoms with Crippen LogP contribution in [-0.4, -0.2) is 66.6 Å². The van der Waals surface area contributed by atoms with Crippen LogP contribution in [0.2, 0.25) is 0 Å². The minimum Gasteiger partial charge on any atom is -0.369 e. The summed E-state index contributed by atoms with van der Waals surface area (Å²) < 4.78 is 31.9. The summed E-state index contributed by atoms with van der Waals surface area (Å²) in [4.78, 5) is 21.7. The lowest BCUT2D eigenvalue weighted by molar-refractivity contribution is 0.245. The number of nitrogens with two attached hydrogens (primary N) is 1. The van der Waals surface area contributed by atoms with Crippen molar-refractivity contribution in [3.63, 3.8) is 0 Å². The van der Waals surface area contributed by atoms with E-state index in [0.717, 1.165) is 30.3 Å². The van der Waals surface area contributed by atoms with Gasteiger partial charge in [0.05, 0.1) is 30.4 Å². The quantitative estimate of drug-likeness (QED) is 0.367. The number of aromatic nitrogens is 6. The van der Waals surface area contributed by atoms with Gasteiger partial charge < -0.3 is 10.6 Å². The number of hydrogen-bond acceptors (Lipinski definition) is 7. The molecule has 5 aromatic rings. The second-order valence-corrected chi connectivity index (χ2v) is 9.59. The van der Waals surface area contributed by atoms with Crippen LogP contribution in [0, 0.1) is 18.6 Å². The highest BCUT2D eigenvalue weighted by molar-refractivity contribution is 5.89. The summed E-state index contributed by atoms with van der Waals surface area (Å²) in [7, 11) is 0. The predicted octanol–water partition coefficient (Wildman–Crippen LogP) is 2.28. The summed E-state index contributed by atoms with van der Waals surface area (Å²) in [6.45, 7) is 6.32. The maximum Gasteiger partial charge on any atom is 0.353 e. The van der Waals surface area contributed by atoms with Gasteiger partial charge in [-0.1, -0.05) is 29.8 Å². The molecule has 0 spiro atoms. The Kier molecular flexibility index (Phi) is 6.03. The smallest absolute Gasteiger partial charge is 0.353 e. The third-order valence-electron chi connectivity index (χ3n) is 7.01. The SMILES string of the molecule is Cc1cccc(Cn2nc3c4cnn(CCN5CCN(c6ccc(F)cc6F)CC5)c4nc(N)n3c2=O)c1. The second-order valence-electron chi connectivity index (χ2n) is 9.59. The van der Waals surface area contributed by atoms with Crippen LogP contribution in [0.25, 0.3) is 16.7 Å². The van der Waals surface area contributed by atoms with E-state index in [1.807, 2.05) is 36.1 Å². The average molecular weight is 520 g/mol. The lowest BCUT2D eigenvalue weighted by atomic mass is 10.1. The molecule has 1 aliphatic rings. The normalized spacial score (nSPS) is 14.7. The van der Waals surface area contributed by atoms with E-state index in [1.54, 1.807) is 10.9 Å². The first kappa shape index (κ1) is 24.0. The number of piperazine rings is 1. The lowest BCUT2D eigenvalue weighted by Crippen LogP contribution is -2.47. The van der Waals surface area contributed by atoms with Crippen LogP contribution < -0.4 is 16.3 Å². The minimum atomic E-state index is -0.578. The van der Waals surface area contributed by atoms with Crippen LogP contribution in [0.3, 0.4) is 0 Å². The highest BCUT2D eigenvalue weighted by atomic mass is 19.1. The molecule has 0 saturated carbocycles. The molecule has 0 unspecified atom stereocenters. The maximum absolute atomic E-state index is 14.2. The zero-order valence-electron chi connectivity index (χ0n) is 20.9. The molecular weight excluding hydrogens is 492 g/mol. The first-order valence-corrected chi connectivity index (χ1v) is 12.5. The van der Waals surface area contributed by atoms with Crippen molar-refractivity contribution >= 4 is 28.3 Å². The average Bonchev–Trinajstić information content (AvgIpc) is 3.44. The number of aryl methyl sites for hydroxylation is 1. The molecule has 4 heterocycles. The van der Waals surface area contributed by atoms with E-state index in [1.165, 1.54) is 21.2 Å². The Bertz CT molecular complexity index is 1700. The molecule has 38 heavy (non-hydrogen) atoms. The third kappa shape index (κ3) is 4.36. The summed E-state index contributed by atoms with van der Waals surface area (Å²) in [6.07, 6.45) is 1.66. The van der Waals surface area contributed by atoms with Gasteiger partial charge in [0.2, 0.25) is 5.95 Å². The Labute approximate surface area is 216 Å². The number of nitrogens with zero attached hydrogens (tertiary/aromatic N) is 8. The Morgan fingerprint density at radius 3 is 2.55 bits per heavy atom. The summed E-state index contributed by atoms with van der Waals surface area (Å²) in [5, 5.41) is 9.71. The summed E-state index contributed by atoms with van der Waals surface area (Å²) in [5.74, 6) is -1.06. The molecule has 196 valence electrons. The third-order valence-corrected chi connectivity index (χ3v) is 7.01. The molecule has 1 aliphatic heterocycles. The molecule has 1 fully saturated rings. The van der Waals surface area contributed by atoms with Crippen LogP contribution in [0.4, 0.5) is 20.4 Å². The van der Waals surface area contributed by atoms with Gasteiger partial charge in [0.1, 0.15) is 11.6 Å². The van der Waals surface area contributed by atoms with Crippen LogP contribution in [0.5, 0.6) is 0 Å². The number of hydrogen-bond donors (Lipinski definition) is 1. The van der Waals surface area contributed by atoms with Gasteiger partial charge in [-0.15, -0.1) is 5.10 Å². The molecule has 0 radical (unpaired) electrons. The highest BCUT2D eigenvalue weighted by Gasteiger charge is 2.21. The largest absolute Gasteiger partial charge is 0.369 e. The predicted molar refractivity (Wildman–Crippen MR) is 140 cm³/mol. The first-order valence-electron chi connectivity index (χ1n) is 12.5. The van der Waals surface area contributed by atoms with Gasteiger partial charge in [-0.25, -0.2) is 27.3 Å². The summed E-state index contributed by atoms with van der Waals surface area (Å²) in [6, 6.07) is 11.6. The van der Waals surface area contributed by atoms with Crippen molar-refractivity contribution < 1.29 is 8.78 Å². The van der Waals surface area contributed by atoms with Crippen LogP contribution in [0.1, 0.15) is 11.1 Å². The van der Waals surface area contributed by atoms with Crippen molar-refractivity contribution in [1.82, 2.24) is 33.8 Å². The van der Waals surface area contributed by atoms with Crippen molar-refractivity contribution in [3.05, 3.63) is 81.9 Å². The molecule has 3 aromatic heterocycles. The molecule has 0 bridgehead atoms. The molecule has 10 nitrogen and oxygen atoms in total. The molecule has 6 rings (SSSR count). The van der Waals surface area contributed by atoms with Crippen molar-refractivity contribution in [3.8, 4) is 0 Å². The van der Waals surface area contributed by atoms with E-state index in [-0.39, 0.29) is 11.6 Å². The van der Waals surface area contributed by atoms with Crippen molar-refractivity contribution in [2.75, 3.05) is 43.4 Å². The van der Waals surface area contributed by atoms with Crippen LogP contribution >= 0.6 is 0 Å². The summed E-state index contributed by atoms with van der Waals surface area (Å²) >= 11 is 0. The van der Waals surface area contributed by atoms with Crippen molar-refractivity contribution in [1.29, 1.82) is 0 Å². The molecular formula is C26H27F2N9O. The topological polar surface area (TPSA) is 103 Å². The summed E-state index contributed by atoms with van der Waals surface area (Å²) in [5.41, 5.74) is 9.33. The monoisotopic (exact) mass is 519 g/mol. The van der Waals surface area contributed by atoms with E-state index < -0.39 is 11.6 Å². The zero-order chi connectivity index (χ0) is 26.4. The van der Waals surface area contributed by atoms with Gasteiger partial charge in [-0.05, 0) is 24.6 Å². The van der Waals surface area contributed by atoms with Gasteiger partial charge in [0.15, 0.2) is 11.3 Å². The number of halogens is 2. The zero-order valence-corrected chi connectivity index (χ0v) is 20.9. The number of rotatable bonds is 6. The molecule has 2 aromatic carbocycles. The first-order chi connectivity index (χ1) is 18.4. The fourth-order valence-corrected chi connectivity index (χ4v) is 5.04. The fourth-order valence-electron chi connectivity index (χ4n) is 5.04. The Balaban J connectivity index is 1.18. The van der Waals surface area contributed by atoms with E-state index in [4.69, 9.17) is 5.73 Å². The van der Waals surface area contributed by atoms with E-state index in [2.05, 4.69) is 20.1 Å². The molecule has 0 amide bonds. The fraction of sp³-hybridized carbons (Fsp3) is 0.308. The Hall–Kier alpha value is -4.32. The number of fused-ring (bicyclic) bond motifs is 3. The number of anilines is 2. The Morgan fingerprint density at radius 2 is 1.79 bits per heavy atom. The number of benzene rings is 2.